The summed E-state index contributed by atoms with van der Waals surface area (Å²) in [6.07, 6.45) is 3.27. The van der Waals surface area contributed by atoms with E-state index in [-0.39, 0.29) is 11.6 Å². The van der Waals surface area contributed by atoms with Gasteiger partial charge in [-0.05, 0) is 18.6 Å². The first-order valence-corrected chi connectivity index (χ1v) is 5.32. The molecule has 17 heavy (non-hydrogen) atoms. The van der Waals surface area contributed by atoms with E-state index in [1.165, 1.54) is 0 Å². The fourth-order valence-corrected chi connectivity index (χ4v) is 1.48. The molecule has 1 aromatic heterocycles. The topological polar surface area (TPSA) is 53.1 Å². The van der Waals surface area contributed by atoms with E-state index in [1.54, 1.807) is 42.2 Å². The van der Waals surface area contributed by atoms with E-state index in [1.807, 2.05) is 0 Å². The number of hydrogen-bond donors (Lipinski definition) is 1. The minimum atomic E-state index is -0.313. The van der Waals surface area contributed by atoms with Crippen LogP contribution in [0, 0.1) is 12.7 Å². The molecule has 5 heteroatoms. The molecule has 0 aliphatic rings. The summed E-state index contributed by atoms with van der Waals surface area (Å²) in [6, 6.07) is 5.08. The van der Waals surface area contributed by atoms with Crippen LogP contribution in [0.1, 0.15) is 5.56 Å². The zero-order valence-electron chi connectivity index (χ0n) is 9.56. The molecule has 0 spiro atoms. The van der Waals surface area contributed by atoms with Gasteiger partial charge in [0.2, 0.25) is 0 Å². The Hall–Kier alpha value is -2.04. The molecular formula is C12H14FN3O. The highest BCUT2D eigenvalue weighted by atomic mass is 19.1. The van der Waals surface area contributed by atoms with Crippen molar-refractivity contribution in [2.75, 3.05) is 12.3 Å². The van der Waals surface area contributed by atoms with Crippen LogP contribution in [0.3, 0.4) is 0 Å². The van der Waals surface area contributed by atoms with Crippen LogP contribution in [-0.2, 0) is 6.54 Å². The monoisotopic (exact) mass is 235 g/mol. The van der Waals surface area contributed by atoms with Crippen LogP contribution in [0.5, 0.6) is 5.75 Å². The third-order valence-corrected chi connectivity index (χ3v) is 2.39. The largest absolute Gasteiger partial charge is 0.489 e. The Kier molecular flexibility index (Phi) is 3.27. The fraction of sp³-hybridized carbons (Fsp3) is 0.250. The van der Waals surface area contributed by atoms with Gasteiger partial charge in [0.05, 0.1) is 18.4 Å². The van der Waals surface area contributed by atoms with Gasteiger partial charge in [-0.25, -0.2) is 4.39 Å². The molecule has 90 valence electrons. The summed E-state index contributed by atoms with van der Waals surface area (Å²) >= 11 is 0. The first kappa shape index (κ1) is 11.4. The molecule has 0 radical (unpaired) electrons. The molecule has 0 fully saturated rings. The number of nitrogens with two attached hydrogens (primary N) is 1. The molecule has 0 aliphatic heterocycles. The highest BCUT2D eigenvalue weighted by molar-refractivity contribution is 5.31. The number of nitrogen functional groups attached to an aromatic ring is 1. The summed E-state index contributed by atoms with van der Waals surface area (Å²) in [5.74, 6) is -0.0439. The van der Waals surface area contributed by atoms with Crippen molar-refractivity contribution in [3.63, 3.8) is 0 Å². The van der Waals surface area contributed by atoms with Crippen molar-refractivity contribution in [3.05, 3.63) is 42.0 Å². The van der Waals surface area contributed by atoms with Gasteiger partial charge in [-0.1, -0.05) is 12.1 Å². The third-order valence-electron chi connectivity index (χ3n) is 2.39. The average molecular weight is 235 g/mol. The quantitative estimate of drug-likeness (QED) is 0.881. The molecule has 0 unspecified atom stereocenters. The van der Waals surface area contributed by atoms with Crippen LogP contribution >= 0.6 is 0 Å². The molecule has 0 atom stereocenters. The van der Waals surface area contributed by atoms with E-state index >= 15 is 0 Å². The Morgan fingerprint density at radius 3 is 3.00 bits per heavy atom. The maximum absolute atomic E-state index is 13.6. The number of nitrogens with zero attached hydrogens (tertiary/aromatic N) is 2. The molecule has 0 saturated heterocycles. The maximum atomic E-state index is 13.6. The lowest BCUT2D eigenvalue weighted by Crippen LogP contribution is -2.09. The van der Waals surface area contributed by atoms with Crippen molar-refractivity contribution in [1.29, 1.82) is 0 Å². The van der Waals surface area contributed by atoms with Crippen molar-refractivity contribution < 1.29 is 9.13 Å². The number of anilines is 1. The van der Waals surface area contributed by atoms with Crippen molar-refractivity contribution in [2.24, 2.45) is 0 Å². The summed E-state index contributed by atoms with van der Waals surface area (Å²) in [5.41, 5.74) is 6.70. The highest BCUT2D eigenvalue weighted by Crippen LogP contribution is 2.19. The second kappa shape index (κ2) is 4.86. The van der Waals surface area contributed by atoms with Gasteiger partial charge < -0.3 is 10.5 Å². The normalized spacial score (nSPS) is 10.5. The summed E-state index contributed by atoms with van der Waals surface area (Å²) in [4.78, 5) is 0. The van der Waals surface area contributed by atoms with E-state index in [2.05, 4.69) is 5.10 Å². The van der Waals surface area contributed by atoms with Crippen molar-refractivity contribution >= 4 is 5.69 Å². The molecule has 0 bridgehead atoms. The summed E-state index contributed by atoms with van der Waals surface area (Å²) in [6.45, 7) is 2.59. The second-order valence-electron chi connectivity index (χ2n) is 3.77. The smallest absolute Gasteiger partial charge is 0.167 e. The first-order chi connectivity index (χ1) is 8.16. The molecule has 0 saturated carbocycles. The summed E-state index contributed by atoms with van der Waals surface area (Å²) in [7, 11) is 0. The maximum Gasteiger partial charge on any atom is 0.167 e. The molecule has 0 aliphatic carbocycles. The molecular weight excluding hydrogens is 221 g/mol. The minimum Gasteiger partial charge on any atom is -0.489 e. The van der Waals surface area contributed by atoms with Crippen LogP contribution < -0.4 is 10.5 Å². The number of ether oxygens (including phenoxy) is 1. The van der Waals surface area contributed by atoms with Gasteiger partial charge in [0.15, 0.2) is 11.6 Å². The van der Waals surface area contributed by atoms with Crippen LogP contribution in [0.25, 0.3) is 0 Å². The Balaban J connectivity index is 1.92. The molecule has 0 amide bonds. The van der Waals surface area contributed by atoms with Crippen LogP contribution in [-0.4, -0.2) is 16.4 Å². The average Bonchev–Trinajstić information content (AvgIpc) is 2.70. The SMILES string of the molecule is Cc1cccc(OCCn2cc(N)cn2)c1F. The Morgan fingerprint density at radius 2 is 2.29 bits per heavy atom. The van der Waals surface area contributed by atoms with E-state index in [0.29, 0.717) is 24.4 Å². The van der Waals surface area contributed by atoms with E-state index in [0.717, 1.165) is 0 Å². The van der Waals surface area contributed by atoms with Gasteiger partial charge in [0.1, 0.15) is 6.61 Å². The molecule has 2 rings (SSSR count). The Labute approximate surface area is 98.8 Å². The zero-order chi connectivity index (χ0) is 12.3. The highest BCUT2D eigenvalue weighted by Gasteiger charge is 2.05. The van der Waals surface area contributed by atoms with Gasteiger partial charge >= 0.3 is 0 Å². The van der Waals surface area contributed by atoms with Crippen molar-refractivity contribution in [1.82, 2.24) is 9.78 Å². The number of benzene rings is 1. The molecule has 2 N–H and O–H groups in total. The summed E-state index contributed by atoms with van der Waals surface area (Å²) in [5, 5.41) is 4.00. The fourth-order valence-electron chi connectivity index (χ4n) is 1.48. The second-order valence-corrected chi connectivity index (χ2v) is 3.77. The van der Waals surface area contributed by atoms with Gasteiger partial charge in [-0.2, -0.15) is 5.10 Å². The van der Waals surface area contributed by atoms with Gasteiger partial charge in [0, 0.05) is 6.20 Å². The lowest BCUT2D eigenvalue weighted by atomic mass is 10.2. The standard InChI is InChI=1S/C12H14FN3O/c1-9-3-2-4-11(12(9)13)17-6-5-16-8-10(14)7-15-16/h2-4,7-8H,5-6,14H2,1H3. The number of halogens is 1. The lowest BCUT2D eigenvalue weighted by molar-refractivity contribution is 0.278. The zero-order valence-corrected chi connectivity index (χ0v) is 9.56. The Morgan fingerprint density at radius 1 is 1.47 bits per heavy atom. The van der Waals surface area contributed by atoms with Crippen LogP contribution in [0.4, 0.5) is 10.1 Å². The summed E-state index contributed by atoms with van der Waals surface area (Å²) < 4.78 is 20.6. The first-order valence-electron chi connectivity index (χ1n) is 5.32. The predicted molar refractivity (Wildman–Crippen MR) is 63.3 cm³/mol. The lowest BCUT2D eigenvalue weighted by Gasteiger charge is -2.08. The van der Waals surface area contributed by atoms with Crippen molar-refractivity contribution in [2.45, 2.75) is 13.5 Å². The number of aryl methyl sites for hydroxylation is 1. The van der Waals surface area contributed by atoms with E-state index in [4.69, 9.17) is 10.5 Å². The predicted octanol–water partition coefficient (Wildman–Crippen LogP) is 1.99. The van der Waals surface area contributed by atoms with Crippen molar-refractivity contribution in [3.8, 4) is 5.75 Å². The molecule has 1 heterocycles. The molecule has 4 nitrogen and oxygen atoms in total. The van der Waals surface area contributed by atoms with Gasteiger partial charge in [0.25, 0.3) is 0 Å². The van der Waals surface area contributed by atoms with Gasteiger partial charge in [-0.15, -0.1) is 0 Å². The Bertz CT molecular complexity index is 510. The molecule has 2 aromatic rings. The van der Waals surface area contributed by atoms with Crippen LogP contribution in [0.15, 0.2) is 30.6 Å². The van der Waals surface area contributed by atoms with E-state index < -0.39 is 0 Å². The molecule has 1 aromatic carbocycles. The van der Waals surface area contributed by atoms with Gasteiger partial charge in [-0.3, -0.25) is 4.68 Å². The van der Waals surface area contributed by atoms with Crippen LogP contribution in [0.2, 0.25) is 0 Å². The minimum absolute atomic E-state index is 0.269. The number of rotatable bonds is 4. The number of aromatic nitrogens is 2. The van der Waals surface area contributed by atoms with E-state index in [9.17, 15) is 4.39 Å². The number of hydrogen-bond acceptors (Lipinski definition) is 3. The third kappa shape index (κ3) is 2.75.